The molecule has 2 aromatic heterocycles. The van der Waals surface area contributed by atoms with Crippen molar-refractivity contribution in [3.63, 3.8) is 0 Å². The maximum atomic E-state index is 13.2. The number of aromatic nitrogens is 3. The lowest BCUT2D eigenvalue weighted by Crippen LogP contribution is -2.31. The summed E-state index contributed by atoms with van der Waals surface area (Å²) in [6.45, 7) is 7.43. The van der Waals surface area contributed by atoms with Crippen LogP contribution < -0.4 is 10.6 Å². The average Bonchev–Trinajstić information content (AvgIpc) is 3.05. The lowest BCUT2D eigenvalue weighted by molar-refractivity contribution is 0.0944. The summed E-state index contributed by atoms with van der Waals surface area (Å²) in [6.07, 6.45) is 1.62. The van der Waals surface area contributed by atoms with Crippen LogP contribution in [0.2, 0.25) is 5.15 Å². The molecule has 3 aromatic rings. The highest BCUT2D eigenvalue weighted by Crippen LogP contribution is 2.27. The number of carbonyl (C=O) groups excluding carboxylic acids is 2. The molecule has 7 nitrogen and oxygen atoms in total. The van der Waals surface area contributed by atoms with Gasteiger partial charge in [-0.15, -0.1) is 0 Å². The minimum atomic E-state index is -0.455. The summed E-state index contributed by atoms with van der Waals surface area (Å²) < 4.78 is 2.14. The molecular formula is C21H21BrClN5O2. The molecule has 156 valence electrons. The summed E-state index contributed by atoms with van der Waals surface area (Å²) in [7, 11) is 0. The molecule has 2 heterocycles. The summed E-state index contributed by atoms with van der Waals surface area (Å²) in [5, 5.41) is 10.1. The van der Waals surface area contributed by atoms with Gasteiger partial charge in [0, 0.05) is 22.8 Å². The summed E-state index contributed by atoms with van der Waals surface area (Å²) in [4.78, 5) is 30.2. The molecule has 9 heteroatoms. The average molecular weight is 491 g/mol. The van der Waals surface area contributed by atoms with E-state index in [9.17, 15) is 9.59 Å². The number of hydrogen-bond acceptors (Lipinski definition) is 4. The van der Waals surface area contributed by atoms with Crippen molar-refractivity contribution in [1.82, 2.24) is 20.1 Å². The zero-order valence-corrected chi connectivity index (χ0v) is 19.3. The van der Waals surface area contributed by atoms with Gasteiger partial charge in [0.1, 0.15) is 5.69 Å². The molecule has 2 amide bonds. The number of nitrogens with one attached hydrogen (secondary N) is 2. The molecule has 0 aliphatic carbocycles. The van der Waals surface area contributed by atoms with E-state index in [4.69, 9.17) is 11.6 Å². The van der Waals surface area contributed by atoms with Gasteiger partial charge in [0.05, 0.1) is 11.3 Å². The van der Waals surface area contributed by atoms with E-state index in [-0.39, 0.29) is 22.8 Å². The Morgan fingerprint density at radius 2 is 1.87 bits per heavy atom. The van der Waals surface area contributed by atoms with E-state index in [0.717, 1.165) is 15.6 Å². The van der Waals surface area contributed by atoms with E-state index in [2.05, 4.69) is 36.6 Å². The first-order valence-corrected chi connectivity index (χ1v) is 10.4. The van der Waals surface area contributed by atoms with Crippen LogP contribution in [0.1, 0.15) is 45.8 Å². The molecule has 0 unspecified atom stereocenters. The van der Waals surface area contributed by atoms with E-state index in [0.29, 0.717) is 17.1 Å². The maximum Gasteiger partial charge on any atom is 0.274 e. The van der Waals surface area contributed by atoms with Gasteiger partial charge in [-0.1, -0.05) is 33.6 Å². The second-order valence-electron chi connectivity index (χ2n) is 7.14. The van der Waals surface area contributed by atoms with Crippen LogP contribution in [-0.4, -0.2) is 32.6 Å². The van der Waals surface area contributed by atoms with Crippen LogP contribution in [-0.2, 0) is 0 Å². The third-order valence-corrected chi connectivity index (χ3v) is 4.94. The van der Waals surface area contributed by atoms with Crippen molar-refractivity contribution in [2.24, 2.45) is 0 Å². The van der Waals surface area contributed by atoms with E-state index in [1.807, 2.05) is 39.8 Å². The molecule has 0 saturated carbocycles. The predicted octanol–water partition coefficient (Wildman–Crippen LogP) is 4.69. The Morgan fingerprint density at radius 3 is 2.53 bits per heavy atom. The van der Waals surface area contributed by atoms with Crippen LogP contribution >= 0.6 is 27.5 Å². The molecular weight excluding hydrogens is 470 g/mol. The van der Waals surface area contributed by atoms with Crippen molar-refractivity contribution in [3.05, 3.63) is 68.5 Å². The quantitative estimate of drug-likeness (QED) is 0.543. The summed E-state index contributed by atoms with van der Waals surface area (Å²) in [5.41, 5.74) is 2.55. The largest absolute Gasteiger partial charge is 0.350 e. The fourth-order valence-electron chi connectivity index (χ4n) is 2.98. The summed E-state index contributed by atoms with van der Waals surface area (Å²) in [6, 6.07) is 8.59. The summed E-state index contributed by atoms with van der Waals surface area (Å²) in [5.74, 6) is -0.236. The normalized spacial score (nSPS) is 10.9. The first-order valence-electron chi connectivity index (χ1n) is 9.27. The van der Waals surface area contributed by atoms with Gasteiger partial charge in [-0.3, -0.25) is 9.59 Å². The standard InChI is InChI=1S/C21H21BrClN5O2/c1-11(2)25-20(29)15-9-14(22)8-13(4)18(15)26-21(30)16-10-17(23)27-28(16)19-12(3)6-5-7-24-19/h5-11H,1-4H3,(H,25,29)(H,26,30). The Hall–Kier alpha value is -2.71. The van der Waals surface area contributed by atoms with Crippen molar-refractivity contribution in [1.29, 1.82) is 0 Å². The van der Waals surface area contributed by atoms with Crippen LogP contribution in [0.5, 0.6) is 0 Å². The number of carbonyl (C=O) groups is 2. The molecule has 2 N–H and O–H groups in total. The molecule has 0 bridgehead atoms. The number of benzene rings is 1. The third kappa shape index (κ3) is 4.71. The smallest absolute Gasteiger partial charge is 0.274 e. The van der Waals surface area contributed by atoms with E-state index >= 15 is 0 Å². The van der Waals surface area contributed by atoms with E-state index in [1.54, 1.807) is 18.3 Å². The van der Waals surface area contributed by atoms with Gasteiger partial charge in [0.25, 0.3) is 11.8 Å². The molecule has 30 heavy (non-hydrogen) atoms. The van der Waals surface area contributed by atoms with Crippen molar-refractivity contribution in [2.45, 2.75) is 33.7 Å². The zero-order valence-electron chi connectivity index (χ0n) is 17.0. The highest BCUT2D eigenvalue weighted by atomic mass is 79.9. The van der Waals surface area contributed by atoms with Gasteiger partial charge >= 0.3 is 0 Å². The molecule has 0 saturated heterocycles. The van der Waals surface area contributed by atoms with Gasteiger partial charge in [0.2, 0.25) is 0 Å². The number of nitrogens with zero attached hydrogens (tertiary/aromatic N) is 3. The lowest BCUT2D eigenvalue weighted by Gasteiger charge is -2.16. The fraction of sp³-hybridized carbons (Fsp3) is 0.238. The SMILES string of the molecule is Cc1cccnc1-n1nc(Cl)cc1C(=O)Nc1c(C)cc(Br)cc1C(=O)NC(C)C. The number of rotatable bonds is 5. The molecule has 1 aromatic carbocycles. The molecule has 0 atom stereocenters. The Balaban J connectivity index is 2.02. The zero-order chi connectivity index (χ0) is 22.0. The third-order valence-electron chi connectivity index (χ3n) is 4.30. The minimum Gasteiger partial charge on any atom is -0.350 e. The molecule has 0 aliphatic heterocycles. The number of aryl methyl sites for hydroxylation is 2. The van der Waals surface area contributed by atoms with Crippen LogP contribution in [0.4, 0.5) is 5.69 Å². The highest BCUT2D eigenvalue weighted by Gasteiger charge is 2.22. The Morgan fingerprint density at radius 1 is 1.13 bits per heavy atom. The Bertz CT molecular complexity index is 1130. The van der Waals surface area contributed by atoms with Crippen molar-refractivity contribution < 1.29 is 9.59 Å². The Labute approximate surface area is 188 Å². The first-order chi connectivity index (χ1) is 14.2. The number of anilines is 1. The van der Waals surface area contributed by atoms with Crippen LogP contribution in [0, 0.1) is 13.8 Å². The highest BCUT2D eigenvalue weighted by molar-refractivity contribution is 9.10. The number of hydrogen-bond donors (Lipinski definition) is 2. The lowest BCUT2D eigenvalue weighted by atomic mass is 10.1. The molecule has 0 spiro atoms. The second kappa shape index (κ2) is 8.97. The van der Waals surface area contributed by atoms with Gasteiger partial charge in [-0.25, -0.2) is 9.67 Å². The van der Waals surface area contributed by atoms with Crippen molar-refractivity contribution >= 4 is 45.0 Å². The number of pyridine rings is 1. The van der Waals surface area contributed by atoms with E-state index < -0.39 is 5.91 Å². The second-order valence-corrected chi connectivity index (χ2v) is 8.44. The van der Waals surface area contributed by atoms with Crippen molar-refractivity contribution in [2.75, 3.05) is 5.32 Å². The molecule has 0 fully saturated rings. The number of amides is 2. The fourth-order valence-corrected chi connectivity index (χ4v) is 3.73. The number of halogens is 2. The van der Waals surface area contributed by atoms with Crippen LogP contribution in [0.15, 0.2) is 41.0 Å². The monoisotopic (exact) mass is 489 g/mol. The van der Waals surface area contributed by atoms with Crippen molar-refractivity contribution in [3.8, 4) is 5.82 Å². The van der Waals surface area contributed by atoms with Gasteiger partial charge in [0.15, 0.2) is 11.0 Å². The summed E-state index contributed by atoms with van der Waals surface area (Å²) >= 11 is 9.51. The first kappa shape index (κ1) is 22.0. The maximum absolute atomic E-state index is 13.2. The van der Waals surface area contributed by atoms with E-state index in [1.165, 1.54) is 10.7 Å². The molecule has 0 aliphatic rings. The van der Waals surface area contributed by atoms with Crippen LogP contribution in [0.3, 0.4) is 0 Å². The molecule has 0 radical (unpaired) electrons. The minimum absolute atomic E-state index is 0.0484. The molecule has 3 rings (SSSR count). The Kier molecular flexibility index (Phi) is 6.58. The van der Waals surface area contributed by atoms with Gasteiger partial charge in [-0.2, -0.15) is 5.10 Å². The predicted molar refractivity (Wildman–Crippen MR) is 121 cm³/mol. The van der Waals surface area contributed by atoms with Crippen LogP contribution in [0.25, 0.3) is 5.82 Å². The van der Waals surface area contributed by atoms with Gasteiger partial charge in [-0.05, 0) is 57.0 Å². The topological polar surface area (TPSA) is 88.9 Å². The van der Waals surface area contributed by atoms with Gasteiger partial charge < -0.3 is 10.6 Å².